The fourth-order valence-electron chi connectivity index (χ4n) is 1.47. The number of hydrogen-bond acceptors (Lipinski definition) is 3. The maximum absolute atomic E-state index is 11.3. The highest BCUT2D eigenvalue weighted by molar-refractivity contribution is 7.84. The Morgan fingerprint density at radius 2 is 2.13 bits per heavy atom. The van der Waals surface area contributed by atoms with E-state index in [1.807, 2.05) is 20.8 Å². The van der Waals surface area contributed by atoms with E-state index in [0.29, 0.717) is 6.54 Å². The predicted octanol–water partition coefficient (Wildman–Crippen LogP) is 2.88. The molecular weight excluding hydrogens is 210 g/mol. The number of alkyl carbamates (subject to hydrolysis) is 1. The van der Waals surface area contributed by atoms with E-state index < -0.39 is 5.60 Å². The fourth-order valence-corrected chi connectivity index (χ4v) is 1.82. The molecule has 1 amide bonds. The minimum Gasteiger partial charge on any atom is -0.444 e. The summed E-state index contributed by atoms with van der Waals surface area (Å²) in [6.07, 6.45) is 2.86. The van der Waals surface area contributed by atoms with Crippen LogP contribution in [-0.2, 0) is 4.74 Å². The van der Waals surface area contributed by atoms with Gasteiger partial charge in [0.2, 0.25) is 0 Å². The van der Waals surface area contributed by atoms with E-state index in [1.165, 1.54) is 5.57 Å². The van der Waals surface area contributed by atoms with E-state index in [9.17, 15) is 4.79 Å². The molecule has 0 atom stereocenters. The Bertz CT molecular complexity index is 279. The van der Waals surface area contributed by atoms with Crippen LogP contribution < -0.4 is 5.32 Å². The number of thiol groups is 1. The number of amides is 1. The summed E-state index contributed by atoms with van der Waals surface area (Å²) in [6.45, 7) is 6.12. The van der Waals surface area contributed by atoms with Crippen LogP contribution in [0.5, 0.6) is 0 Å². The van der Waals surface area contributed by atoms with Gasteiger partial charge in [-0.1, -0.05) is 0 Å². The molecule has 1 aliphatic carbocycles. The maximum Gasteiger partial charge on any atom is 0.407 e. The minimum absolute atomic E-state index is 0.358. The first-order chi connectivity index (χ1) is 6.88. The zero-order chi connectivity index (χ0) is 11.5. The van der Waals surface area contributed by atoms with Crippen LogP contribution in [0.25, 0.3) is 0 Å². The second kappa shape index (κ2) is 4.92. The third-order valence-corrected chi connectivity index (χ3v) is 2.69. The van der Waals surface area contributed by atoms with Crippen LogP contribution in [0.1, 0.15) is 40.0 Å². The zero-order valence-electron chi connectivity index (χ0n) is 9.59. The number of nitrogens with one attached hydrogen (secondary N) is 1. The Morgan fingerprint density at radius 3 is 2.60 bits per heavy atom. The van der Waals surface area contributed by atoms with E-state index in [-0.39, 0.29) is 6.09 Å². The van der Waals surface area contributed by atoms with Crippen molar-refractivity contribution in [3.63, 3.8) is 0 Å². The molecule has 1 aliphatic rings. The van der Waals surface area contributed by atoms with Gasteiger partial charge >= 0.3 is 6.09 Å². The summed E-state index contributed by atoms with van der Waals surface area (Å²) >= 11 is 4.36. The molecule has 1 N–H and O–H groups in total. The summed E-state index contributed by atoms with van der Waals surface area (Å²) in [6, 6.07) is 0. The summed E-state index contributed by atoms with van der Waals surface area (Å²) in [5, 5.41) is 2.74. The Balaban J connectivity index is 2.31. The molecule has 0 fully saturated rings. The molecule has 86 valence electrons. The molecule has 0 saturated carbocycles. The lowest BCUT2D eigenvalue weighted by Gasteiger charge is -2.19. The highest BCUT2D eigenvalue weighted by Gasteiger charge is 2.17. The summed E-state index contributed by atoms with van der Waals surface area (Å²) in [7, 11) is 0. The number of ether oxygens (including phenoxy) is 1. The van der Waals surface area contributed by atoms with Crippen LogP contribution in [-0.4, -0.2) is 18.2 Å². The van der Waals surface area contributed by atoms with Gasteiger partial charge in [0, 0.05) is 6.54 Å². The monoisotopic (exact) mass is 229 g/mol. The lowest BCUT2D eigenvalue weighted by molar-refractivity contribution is 0.0532. The quantitative estimate of drug-likeness (QED) is 0.715. The smallest absolute Gasteiger partial charge is 0.407 e. The average Bonchev–Trinajstić information content (AvgIpc) is 2.44. The molecule has 0 radical (unpaired) electrons. The molecule has 0 unspecified atom stereocenters. The minimum atomic E-state index is -0.433. The molecular formula is C11H19NO2S. The van der Waals surface area contributed by atoms with Crippen LogP contribution >= 0.6 is 12.6 Å². The first-order valence-corrected chi connectivity index (χ1v) is 5.70. The second-order valence-corrected chi connectivity index (χ2v) is 5.30. The van der Waals surface area contributed by atoms with Crippen molar-refractivity contribution in [2.24, 2.45) is 0 Å². The van der Waals surface area contributed by atoms with Crippen LogP contribution in [0.2, 0.25) is 0 Å². The van der Waals surface area contributed by atoms with Crippen molar-refractivity contribution in [1.29, 1.82) is 0 Å². The third-order valence-electron chi connectivity index (χ3n) is 2.15. The zero-order valence-corrected chi connectivity index (χ0v) is 10.5. The van der Waals surface area contributed by atoms with E-state index in [0.717, 1.165) is 24.2 Å². The maximum atomic E-state index is 11.3. The van der Waals surface area contributed by atoms with Gasteiger partial charge in [-0.3, -0.25) is 0 Å². The number of rotatable bonds is 2. The van der Waals surface area contributed by atoms with Crippen LogP contribution in [0.4, 0.5) is 4.79 Å². The average molecular weight is 229 g/mol. The molecule has 0 spiro atoms. The van der Waals surface area contributed by atoms with E-state index in [2.05, 4.69) is 17.9 Å². The van der Waals surface area contributed by atoms with Gasteiger partial charge < -0.3 is 10.1 Å². The van der Waals surface area contributed by atoms with E-state index in [1.54, 1.807) is 0 Å². The van der Waals surface area contributed by atoms with Gasteiger partial charge in [-0.05, 0) is 50.5 Å². The molecule has 0 aliphatic heterocycles. The number of carbonyl (C=O) groups is 1. The number of hydrogen-bond donors (Lipinski definition) is 2. The SMILES string of the molecule is CC(C)(C)OC(=O)NCC1=C(S)CCC1. The van der Waals surface area contributed by atoms with Gasteiger partial charge in [0.25, 0.3) is 0 Å². The normalized spacial score (nSPS) is 16.8. The van der Waals surface area contributed by atoms with E-state index >= 15 is 0 Å². The van der Waals surface area contributed by atoms with Gasteiger partial charge in [0.15, 0.2) is 0 Å². The molecule has 15 heavy (non-hydrogen) atoms. The Kier molecular flexibility index (Phi) is 4.08. The molecule has 1 rings (SSSR count). The highest BCUT2D eigenvalue weighted by Crippen LogP contribution is 2.27. The fraction of sp³-hybridized carbons (Fsp3) is 0.727. The third kappa shape index (κ3) is 4.60. The van der Waals surface area contributed by atoms with Gasteiger partial charge in [-0.2, -0.15) is 0 Å². The van der Waals surface area contributed by atoms with Crippen LogP contribution in [0, 0.1) is 0 Å². The molecule has 0 bridgehead atoms. The van der Waals surface area contributed by atoms with Crippen molar-refractivity contribution in [2.75, 3.05) is 6.54 Å². The molecule has 0 aromatic carbocycles. The summed E-state index contributed by atoms with van der Waals surface area (Å²) in [5.41, 5.74) is 0.793. The van der Waals surface area contributed by atoms with Crippen molar-refractivity contribution in [2.45, 2.75) is 45.6 Å². The highest BCUT2D eigenvalue weighted by atomic mass is 32.1. The summed E-state index contributed by atoms with van der Waals surface area (Å²) < 4.78 is 5.14. The molecule has 4 heteroatoms. The Labute approximate surface area is 96.7 Å². The molecule has 0 aromatic rings. The second-order valence-electron chi connectivity index (χ2n) is 4.76. The molecule has 0 saturated heterocycles. The lowest BCUT2D eigenvalue weighted by Crippen LogP contribution is -2.33. The number of carbonyl (C=O) groups excluding carboxylic acids is 1. The van der Waals surface area contributed by atoms with Crippen molar-refractivity contribution >= 4 is 18.7 Å². The van der Waals surface area contributed by atoms with Crippen molar-refractivity contribution < 1.29 is 9.53 Å². The first-order valence-electron chi connectivity index (χ1n) is 5.25. The molecule has 0 heterocycles. The topological polar surface area (TPSA) is 38.3 Å². The molecule has 3 nitrogen and oxygen atoms in total. The number of allylic oxidation sites excluding steroid dienone is 1. The summed E-state index contributed by atoms with van der Waals surface area (Å²) in [4.78, 5) is 12.5. The van der Waals surface area contributed by atoms with Gasteiger partial charge in [0.05, 0.1) is 0 Å². The first kappa shape index (κ1) is 12.4. The van der Waals surface area contributed by atoms with Crippen molar-refractivity contribution in [3.05, 3.63) is 10.5 Å². The van der Waals surface area contributed by atoms with Crippen molar-refractivity contribution in [1.82, 2.24) is 5.32 Å². The van der Waals surface area contributed by atoms with Crippen LogP contribution in [0.3, 0.4) is 0 Å². The standard InChI is InChI=1S/C11H19NO2S/c1-11(2,3)14-10(13)12-7-8-5-4-6-9(8)15/h15H,4-7H2,1-3H3,(H,12,13). The van der Waals surface area contributed by atoms with E-state index in [4.69, 9.17) is 4.74 Å². The van der Waals surface area contributed by atoms with Gasteiger partial charge in [0.1, 0.15) is 5.60 Å². The molecule has 0 aromatic heterocycles. The van der Waals surface area contributed by atoms with Crippen molar-refractivity contribution in [3.8, 4) is 0 Å². The largest absolute Gasteiger partial charge is 0.444 e. The van der Waals surface area contributed by atoms with Gasteiger partial charge in [-0.15, -0.1) is 12.6 Å². The Morgan fingerprint density at radius 1 is 1.47 bits per heavy atom. The van der Waals surface area contributed by atoms with Gasteiger partial charge in [-0.25, -0.2) is 4.79 Å². The lowest BCUT2D eigenvalue weighted by atomic mass is 10.2. The summed E-state index contributed by atoms with van der Waals surface area (Å²) in [5.74, 6) is 0. The van der Waals surface area contributed by atoms with Crippen LogP contribution in [0.15, 0.2) is 10.5 Å². The predicted molar refractivity (Wildman–Crippen MR) is 64.1 cm³/mol. The Hall–Kier alpha value is -0.640.